The number of carbonyl (C=O) groups excluding carboxylic acids is 1. The molecule has 5 aromatic rings. The van der Waals surface area contributed by atoms with Crippen molar-refractivity contribution < 1.29 is 9.90 Å². The van der Waals surface area contributed by atoms with E-state index in [2.05, 4.69) is 26.7 Å². The van der Waals surface area contributed by atoms with E-state index < -0.39 is 0 Å². The van der Waals surface area contributed by atoms with Gasteiger partial charge in [0.25, 0.3) is 5.91 Å². The van der Waals surface area contributed by atoms with Crippen molar-refractivity contribution in [3.63, 3.8) is 0 Å². The Kier molecular flexibility index (Phi) is 6.93. The molecule has 37 heavy (non-hydrogen) atoms. The van der Waals surface area contributed by atoms with Crippen LogP contribution in [-0.2, 0) is 0 Å². The molecule has 0 atom stereocenters. The van der Waals surface area contributed by atoms with E-state index in [-0.39, 0.29) is 12.5 Å². The third-order valence-electron chi connectivity index (χ3n) is 6.04. The second kappa shape index (κ2) is 10.6. The zero-order valence-electron chi connectivity index (χ0n) is 19.9. The SMILES string of the molecule is NC=C(C=NCCO)c1cnc(N)c2c(-c3ccc4c(C(=O)Nc5ccccc5)cccc4c3)csc12. The summed E-state index contributed by atoms with van der Waals surface area (Å²) in [6.07, 6.45) is 4.81. The molecule has 0 unspecified atom stereocenters. The van der Waals surface area contributed by atoms with Gasteiger partial charge in [-0.25, -0.2) is 4.98 Å². The number of nitrogens with two attached hydrogens (primary N) is 2. The molecule has 0 fully saturated rings. The lowest BCUT2D eigenvalue weighted by molar-refractivity contribution is 0.102. The molecule has 0 bridgehead atoms. The summed E-state index contributed by atoms with van der Waals surface area (Å²) >= 11 is 1.56. The van der Waals surface area contributed by atoms with Gasteiger partial charge >= 0.3 is 0 Å². The molecular weight excluding hydrogens is 482 g/mol. The van der Waals surface area contributed by atoms with Crippen LogP contribution in [0.3, 0.4) is 0 Å². The highest BCUT2D eigenvalue weighted by atomic mass is 32.1. The number of aromatic nitrogens is 1. The maximum Gasteiger partial charge on any atom is 0.256 e. The van der Waals surface area contributed by atoms with Crippen LogP contribution in [0.25, 0.3) is 37.6 Å². The van der Waals surface area contributed by atoms with E-state index in [9.17, 15) is 4.79 Å². The Morgan fingerprint density at radius 3 is 2.70 bits per heavy atom. The third kappa shape index (κ3) is 4.80. The highest BCUT2D eigenvalue weighted by Crippen LogP contribution is 2.41. The Labute approximate surface area is 217 Å². The Morgan fingerprint density at radius 1 is 1.08 bits per heavy atom. The van der Waals surface area contributed by atoms with Gasteiger partial charge in [0.1, 0.15) is 5.82 Å². The first kappa shape index (κ1) is 24.2. The number of pyridine rings is 1. The van der Waals surface area contributed by atoms with Gasteiger partial charge in [0.15, 0.2) is 0 Å². The van der Waals surface area contributed by atoms with Crippen LogP contribution in [0.4, 0.5) is 11.5 Å². The van der Waals surface area contributed by atoms with Crippen molar-refractivity contribution in [3.05, 3.63) is 95.6 Å². The standard InChI is InChI=1S/C29H25N5O2S/c30-14-20(15-32-11-12-35)24-16-33-28(31)26-25(17-37-27(24)26)19-9-10-22-18(13-19)5-4-8-23(22)29(36)34-21-6-2-1-3-7-21/h1-10,13-17,35H,11-12,30H2,(H2,31,33)(H,34,36). The molecule has 7 nitrogen and oxygen atoms in total. The number of thiophene rings is 1. The molecule has 0 aliphatic rings. The van der Waals surface area contributed by atoms with Crippen LogP contribution in [0.5, 0.6) is 0 Å². The monoisotopic (exact) mass is 507 g/mol. The van der Waals surface area contributed by atoms with Gasteiger partial charge in [-0.15, -0.1) is 11.3 Å². The van der Waals surface area contributed by atoms with Crippen molar-refractivity contribution in [1.82, 2.24) is 4.98 Å². The van der Waals surface area contributed by atoms with Crippen LogP contribution in [0.2, 0.25) is 0 Å². The Bertz CT molecular complexity index is 1660. The number of nitrogens with zero attached hydrogens (tertiary/aromatic N) is 2. The number of aliphatic imine (C=N–C) groups is 1. The number of nitrogen functional groups attached to an aromatic ring is 1. The van der Waals surface area contributed by atoms with E-state index in [1.807, 2.05) is 60.7 Å². The molecule has 0 aliphatic heterocycles. The highest BCUT2D eigenvalue weighted by Gasteiger charge is 2.17. The number of aliphatic hydroxyl groups excluding tert-OH is 1. The van der Waals surface area contributed by atoms with Crippen molar-refractivity contribution in [2.24, 2.45) is 10.7 Å². The van der Waals surface area contributed by atoms with Crippen molar-refractivity contribution in [1.29, 1.82) is 0 Å². The summed E-state index contributed by atoms with van der Waals surface area (Å²) in [6.45, 7) is 0.255. The summed E-state index contributed by atoms with van der Waals surface area (Å²) in [5.74, 6) is 0.266. The molecule has 3 aromatic carbocycles. The fourth-order valence-corrected chi connectivity index (χ4v) is 5.40. The maximum atomic E-state index is 13.0. The number of nitrogens with one attached hydrogen (secondary N) is 1. The first-order valence-corrected chi connectivity index (χ1v) is 12.6. The molecule has 0 spiro atoms. The fourth-order valence-electron chi connectivity index (χ4n) is 4.28. The van der Waals surface area contributed by atoms with E-state index in [1.54, 1.807) is 23.7 Å². The Morgan fingerprint density at radius 2 is 1.92 bits per heavy atom. The molecule has 2 heterocycles. The van der Waals surface area contributed by atoms with Crippen LogP contribution in [0.15, 0.2) is 89.5 Å². The van der Waals surface area contributed by atoms with Crippen LogP contribution >= 0.6 is 11.3 Å². The number of hydrogen-bond donors (Lipinski definition) is 4. The average Bonchev–Trinajstić information content (AvgIpc) is 3.38. The zero-order valence-corrected chi connectivity index (χ0v) is 20.7. The van der Waals surface area contributed by atoms with Crippen molar-refractivity contribution in [2.75, 3.05) is 24.2 Å². The van der Waals surface area contributed by atoms with Gasteiger partial charge < -0.3 is 21.9 Å². The van der Waals surface area contributed by atoms with E-state index in [0.717, 1.165) is 43.2 Å². The Balaban J connectivity index is 1.55. The predicted octanol–water partition coefficient (Wildman–Crippen LogP) is 5.31. The number of fused-ring (bicyclic) bond motifs is 2. The van der Waals surface area contributed by atoms with Crippen LogP contribution in [-0.4, -0.2) is 35.4 Å². The smallest absolute Gasteiger partial charge is 0.256 e. The van der Waals surface area contributed by atoms with Crippen molar-refractivity contribution >= 4 is 61.4 Å². The number of anilines is 2. The van der Waals surface area contributed by atoms with Gasteiger partial charge in [-0.2, -0.15) is 0 Å². The molecule has 184 valence electrons. The number of allylic oxidation sites excluding steroid dienone is 1. The average molecular weight is 508 g/mol. The number of rotatable bonds is 7. The fraction of sp³-hybridized carbons (Fsp3) is 0.0690. The second-order valence-electron chi connectivity index (χ2n) is 8.35. The lowest BCUT2D eigenvalue weighted by atomic mass is 9.97. The van der Waals surface area contributed by atoms with Crippen molar-refractivity contribution in [3.8, 4) is 11.1 Å². The minimum absolute atomic E-state index is 0.0372. The van der Waals surface area contributed by atoms with Crippen LogP contribution in [0, 0.1) is 0 Å². The lowest BCUT2D eigenvalue weighted by Gasteiger charge is -2.10. The summed E-state index contributed by atoms with van der Waals surface area (Å²) in [6, 6.07) is 21.1. The van der Waals surface area contributed by atoms with Gasteiger partial charge in [-0.05, 0) is 46.0 Å². The number of hydrogen-bond acceptors (Lipinski definition) is 7. The van der Waals surface area contributed by atoms with Gasteiger partial charge in [0, 0.05) is 56.6 Å². The molecule has 6 N–H and O–H groups in total. The number of para-hydroxylation sites is 1. The highest BCUT2D eigenvalue weighted by molar-refractivity contribution is 7.18. The van der Waals surface area contributed by atoms with E-state index in [0.29, 0.717) is 23.5 Å². The van der Waals surface area contributed by atoms with Crippen LogP contribution < -0.4 is 16.8 Å². The lowest BCUT2D eigenvalue weighted by Crippen LogP contribution is -2.12. The summed E-state index contributed by atoms with van der Waals surface area (Å²) in [5.41, 5.74) is 17.0. The minimum atomic E-state index is -0.160. The summed E-state index contributed by atoms with van der Waals surface area (Å²) in [7, 11) is 0. The molecule has 5 rings (SSSR count). The topological polar surface area (TPSA) is 127 Å². The molecule has 0 saturated carbocycles. The second-order valence-corrected chi connectivity index (χ2v) is 9.23. The quantitative estimate of drug-likeness (QED) is 0.222. The summed E-state index contributed by atoms with van der Waals surface area (Å²) in [4.78, 5) is 21.6. The maximum absolute atomic E-state index is 13.0. The summed E-state index contributed by atoms with van der Waals surface area (Å²) < 4.78 is 0.950. The van der Waals surface area contributed by atoms with Gasteiger partial charge in [-0.1, -0.05) is 42.5 Å². The Hall–Kier alpha value is -4.53. The van der Waals surface area contributed by atoms with E-state index in [4.69, 9.17) is 16.6 Å². The number of carbonyl (C=O) groups is 1. The first-order chi connectivity index (χ1) is 18.1. The van der Waals surface area contributed by atoms with E-state index in [1.165, 1.54) is 6.20 Å². The largest absolute Gasteiger partial charge is 0.404 e. The van der Waals surface area contributed by atoms with Gasteiger partial charge in [0.2, 0.25) is 0 Å². The number of aliphatic hydroxyl groups is 1. The summed E-state index contributed by atoms with van der Waals surface area (Å²) in [5, 5.41) is 16.7. The first-order valence-electron chi connectivity index (χ1n) is 11.7. The zero-order chi connectivity index (χ0) is 25.8. The van der Waals surface area contributed by atoms with Gasteiger partial charge in [-0.3, -0.25) is 9.79 Å². The van der Waals surface area contributed by atoms with Crippen molar-refractivity contribution in [2.45, 2.75) is 0 Å². The molecule has 8 heteroatoms. The molecule has 0 saturated heterocycles. The van der Waals surface area contributed by atoms with Gasteiger partial charge in [0.05, 0.1) is 13.2 Å². The molecular formula is C29H25N5O2S. The number of amides is 1. The molecule has 0 radical (unpaired) electrons. The molecule has 1 amide bonds. The third-order valence-corrected chi connectivity index (χ3v) is 7.06. The van der Waals surface area contributed by atoms with E-state index >= 15 is 0 Å². The molecule has 2 aromatic heterocycles. The normalized spacial score (nSPS) is 12.0. The predicted molar refractivity (Wildman–Crippen MR) is 154 cm³/mol. The van der Waals surface area contributed by atoms with Crippen LogP contribution in [0.1, 0.15) is 15.9 Å². The number of benzene rings is 3. The molecule has 0 aliphatic carbocycles. The minimum Gasteiger partial charge on any atom is -0.404 e.